The van der Waals surface area contributed by atoms with Crippen LogP contribution in [0.5, 0.6) is 0 Å². The Kier molecular flexibility index (Phi) is 4.55. The van der Waals surface area contributed by atoms with E-state index in [2.05, 4.69) is 0 Å². The van der Waals surface area contributed by atoms with E-state index in [9.17, 15) is 13.3 Å². The van der Waals surface area contributed by atoms with E-state index in [0.717, 1.165) is 63.3 Å². The summed E-state index contributed by atoms with van der Waals surface area (Å²) < 4.78 is 73.7. The second kappa shape index (κ2) is 7.41. The Labute approximate surface area is 192 Å². The van der Waals surface area contributed by atoms with Crippen LogP contribution < -0.4 is 15.9 Å². The quantitative estimate of drug-likeness (QED) is 0.157. The summed E-state index contributed by atoms with van der Waals surface area (Å²) in [6, 6.07) is 21.7. The van der Waals surface area contributed by atoms with Gasteiger partial charge in [0.05, 0.1) is 10.6 Å². The molecule has 6 rings (SSSR count). The molecular formula is C28H15F4OP. The van der Waals surface area contributed by atoms with Gasteiger partial charge in [0.2, 0.25) is 0 Å². The smallest absolute Gasteiger partial charge is 0.177 e. The Morgan fingerprint density at radius 2 is 1.00 bits per heavy atom. The monoisotopic (exact) mass is 474 g/mol. The van der Waals surface area contributed by atoms with E-state index in [0.29, 0.717) is 5.39 Å². The number of hydrogen-bond acceptors (Lipinski definition) is 1. The van der Waals surface area contributed by atoms with E-state index < -0.39 is 41.0 Å². The highest BCUT2D eigenvalue weighted by molar-refractivity contribution is 7.85. The molecule has 0 aromatic heterocycles. The molecular weight excluding hydrogens is 459 g/mol. The van der Waals surface area contributed by atoms with Crippen LogP contribution in [0.3, 0.4) is 0 Å². The Hall–Kier alpha value is -3.69. The van der Waals surface area contributed by atoms with Gasteiger partial charge in [-0.05, 0) is 74.8 Å². The molecule has 166 valence electrons. The fourth-order valence-corrected chi connectivity index (χ4v) is 7.79. The van der Waals surface area contributed by atoms with Crippen LogP contribution in [0, 0.1) is 23.3 Å². The summed E-state index contributed by atoms with van der Waals surface area (Å²) in [5.74, 6) is -3.57. The molecule has 0 bridgehead atoms. The maximum Gasteiger partial charge on any atom is 0.177 e. The minimum Gasteiger partial charge on any atom is -0.308 e. The van der Waals surface area contributed by atoms with Crippen molar-refractivity contribution in [1.29, 1.82) is 0 Å². The Morgan fingerprint density at radius 1 is 0.500 bits per heavy atom. The number of rotatable bonds is 3. The van der Waals surface area contributed by atoms with Crippen LogP contribution in [-0.4, -0.2) is 0 Å². The lowest BCUT2D eigenvalue weighted by Gasteiger charge is -2.24. The lowest BCUT2D eigenvalue weighted by molar-refractivity contribution is 0.579. The Bertz CT molecular complexity index is 1720. The van der Waals surface area contributed by atoms with Gasteiger partial charge in [-0.25, -0.2) is 17.6 Å². The zero-order valence-corrected chi connectivity index (χ0v) is 18.4. The number of benzene rings is 6. The van der Waals surface area contributed by atoms with Crippen molar-refractivity contribution in [2.45, 2.75) is 0 Å². The molecule has 34 heavy (non-hydrogen) atoms. The molecule has 0 heterocycles. The first-order chi connectivity index (χ1) is 16.4. The van der Waals surface area contributed by atoms with E-state index in [1.165, 1.54) is 6.07 Å². The maximum atomic E-state index is 15.1. The number of halogens is 4. The van der Waals surface area contributed by atoms with E-state index in [4.69, 9.17) is 0 Å². The summed E-state index contributed by atoms with van der Waals surface area (Å²) in [5, 5.41) is 4.08. The fourth-order valence-electron chi connectivity index (χ4n) is 4.84. The average molecular weight is 474 g/mol. The molecule has 0 aliphatic heterocycles. The molecule has 6 heteroatoms. The van der Waals surface area contributed by atoms with Gasteiger partial charge < -0.3 is 4.57 Å². The predicted octanol–water partition coefficient (Wildman–Crippen LogP) is 6.78. The molecule has 0 fully saturated rings. The topological polar surface area (TPSA) is 17.1 Å². The van der Waals surface area contributed by atoms with Gasteiger partial charge in [-0.3, -0.25) is 0 Å². The van der Waals surface area contributed by atoms with Crippen molar-refractivity contribution in [3.05, 3.63) is 114 Å². The van der Waals surface area contributed by atoms with Gasteiger partial charge in [0.15, 0.2) is 7.14 Å². The molecule has 0 amide bonds. The van der Waals surface area contributed by atoms with Crippen molar-refractivity contribution < 1.29 is 22.1 Å². The second-order valence-corrected chi connectivity index (χ2v) is 10.9. The number of hydrogen-bond donors (Lipinski definition) is 0. The third-order valence-electron chi connectivity index (χ3n) is 6.34. The van der Waals surface area contributed by atoms with Crippen LogP contribution in [0.15, 0.2) is 91.0 Å². The summed E-state index contributed by atoms with van der Waals surface area (Å²) in [6.45, 7) is 0. The zero-order chi connectivity index (χ0) is 23.6. The summed E-state index contributed by atoms with van der Waals surface area (Å²) >= 11 is 0. The molecule has 0 unspecified atom stereocenters. The van der Waals surface area contributed by atoms with Crippen LogP contribution >= 0.6 is 7.14 Å². The molecule has 0 saturated carbocycles. The zero-order valence-electron chi connectivity index (χ0n) is 17.5. The standard InChI is InChI=1S/C28H15F4OP/c29-19-8-11-22(31)25(14-19)34(33,26-15-20(30)9-12-23(26)32)24-13-7-18-5-4-16-2-1-3-17-6-10-21(24)28(18)27(16)17/h1-15H. The average Bonchev–Trinajstić information content (AvgIpc) is 2.85. The molecule has 1 nitrogen and oxygen atoms in total. The van der Waals surface area contributed by atoms with Crippen LogP contribution in [0.2, 0.25) is 0 Å². The van der Waals surface area contributed by atoms with E-state index in [-0.39, 0.29) is 5.30 Å². The minimum absolute atomic E-state index is 0.118. The lowest BCUT2D eigenvalue weighted by atomic mass is 9.94. The Morgan fingerprint density at radius 3 is 1.59 bits per heavy atom. The van der Waals surface area contributed by atoms with Gasteiger partial charge in [-0.2, -0.15) is 0 Å². The van der Waals surface area contributed by atoms with Gasteiger partial charge in [0, 0.05) is 5.30 Å². The van der Waals surface area contributed by atoms with Crippen molar-refractivity contribution in [3.8, 4) is 0 Å². The highest BCUT2D eigenvalue weighted by Crippen LogP contribution is 2.47. The molecule has 0 saturated heterocycles. The molecule has 6 aromatic rings. The van der Waals surface area contributed by atoms with Gasteiger partial charge in [0.1, 0.15) is 23.3 Å². The minimum atomic E-state index is -4.39. The largest absolute Gasteiger partial charge is 0.308 e. The molecule has 0 aliphatic rings. The van der Waals surface area contributed by atoms with Gasteiger partial charge in [-0.15, -0.1) is 0 Å². The van der Waals surface area contributed by atoms with Crippen molar-refractivity contribution in [3.63, 3.8) is 0 Å². The van der Waals surface area contributed by atoms with Gasteiger partial charge in [0.25, 0.3) is 0 Å². The van der Waals surface area contributed by atoms with E-state index in [1.54, 1.807) is 12.1 Å². The van der Waals surface area contributed by atoms with E-state index in [1.807, 2.05) is 36.4 Å². The van der Waals surface area contributed by atoms with Crippen molar-refractivity contribution >= 4 is 55.4 Å². The molecule has 0 spiro atoms. The van der Waals surface area contributed by atoms with Gasteiger partial charge in [-0.1, -0.05) is 48.5 Å². The van der Waals surface area contributed by atoms with Gasteiger partial charge >= 0.3 is 0 Å². The third-order valence-corrected chi connectivity index (χ3v) is 9.45. The molecule has 0 aliphatic carbocycles. The molecule has 0 atom stereocenters. The third kappa shape index (κ3) is 2.90. The van der Waals surface area contributed by atoms with Crippen LogP contribution in [0.1, 0.15) is 0 Å². The Balaban J connectivity index is 1.82. The summed E-state index contributed by atoms with van der Waals surface area (Å²) in [6.07, 6.45) is 0. The summed E-state index contributed by atoms with van der Waals surface area (Å²) in [4.78, 5) is 0. The maximum absolute atomic E-state index is 15.1. The van der Waals surface area contributed by atoms with Crippen molar-refractivity contribution in [2.24, 2.45) is 0 Å². The first-order valence-electron chi connectivity index (χ1n) is 10.6. The second-order valence-electron chi connectivity index (χ2n) is 8.24. The van der Waals surface area contributed by atoms with Crippen LogP contribution in [0.4, 0.5) is 17.6 Å². The van der Waals surface area contributed by atoms with Crippen LogP contribution in [0.25, 0.3) is 32.3 Å². The van der Waals surface area contributed by atoms with E-state index >= 15 is 8.78 Å². The normalized spacial score (nSPS) is 12.2. The highest BCUT2D eigenvalue weighted by atomic mass is 31.2. The summed E-state index contributed by atoms with van der Waals surface area (Å²) in [7, 11) is -4.39. The SMILES string of the molecule is O=P(c1cc(F)ccc1F)(c1cc(F)ccc1F)c1ccc2ccc3cccc4ccc1c2c34. The van der Waals surface area contributed by atoms with Crippen LogP contribution in [-0.2, 0) is 4.57 Å². The lowest BCUT2D eigenvalue weighted by Crippen LogP contribution is -2.30. The summed E-state index contributed by atoms with van der Waals surface area (Å²) in [5.41, 5.74) is 0. The molecule has 0 radical (unpaired) electrons. The fraction of sp³-hybridized carbons (Fsp3) is 0. The first-order valence-corrected chi connectivity index (χ1v) is 12.3. The predicted molar refractivity (Wildman–Crippen MR) is 129 cm³/mol. The van der Waals surface area contributed by atoms with Crippen molar-refractivity contribution in [1.82, 2.24) is 0 Å². The molecule has 6 aromatic carbocycles. The first kappa shape index (κ1) is 20.9. The highest BCUT2D eigenvalue weighted by Gasteiger charge is 2.37. The molecule has 0 N–H and O–H groups in total. The van der Waals surface area contributed by atoms with Crippen molar-refractivity contribution in [2.75, 3.05) is 0 Å².